The normalized spacial score (nSPS) is 13.0. The summed E-state index contributed by atoms with van der Waals surface area (Å²) in [4.78, 5) is 4.31. The first-order valence-electron chi connectivity index (χ1n) is 5.85. The Bertz CT molecular complexity index is 500. The van der Waals surface area contributed by atoms with E-state index in [9.17, 15) is 0 Å². The van der Waals surface area contributed by atoms with Gasteiger partial charge < -0.3 is 5.73 Å². The highest BCUT2D eigenvalue weighted by Crippen LogP contribution is 2.15. The van der Waals surface area contributed by atoms with Gasteiger partial charge in [-0.2, -0.15) is 5.10 Å². The fourth-order valence-corrected chi connectivity index (χ4v) is 1.62. The monoisotopic (exact) mass is 230 g/mol. The average molecular weight is 230 g/mol. The van der Waals surface area contributed by atoms with Gasteiger partial charge >= 0.3 is 0 Å². The molecule has 2 aromatic rings. The Morgan fingerprint density at radius 2 is 2.00 bits per heavy atom. The van der Waals surface area contributed by atoms with Crippen molar-refractivity contribution >= 4 is 0 Å². The van der Waals surface area contributed by atoms with Crippen molar-refractivity contribution in [2.24, 2.45) is 5.73 Å². The van der Waals surface area contributed by atoms with E-state index in [2.05, 4.69) is 23.9 Å². The topological polar surface area (TPSA) is 56.7 Å². The van der Waals surface area contributed by atoms with E-state index in [1.165, 1.54) is 0 Å². The van der Waals surface area contributed by atoms with Crippen LogP contribution < -0.4 is 5.73 Å². The highest BCUT2D eigenvalue weighted by molar-refractivity contribution is 5.29. The van der Waals surface area contributed by atoms with Crippen LogP contribution in [-0.2, 0) is 0 Å². The molecule has 0 unspecified atom stereocenters. The van der Waals surface area contributed by atoms with E-state index in [4.69, 9.17) is 5.73 Å². The fourth-order valence-electron chi connectivity index (χ4n) is 1.62. The second kappa shape index (κ2) is 4.67. The molecule has 0 saturated heterocycles. The van der Waals surface area contributed by atoms with Crippen LogP contribution in [0.4, 0.5) is 0 Å². The predicted molar refractivity (Wildman–Crippen MR) is 68.1 cm³/mol. The summed E-state index contributed by atoms with van der Waals surface area (Å²) in [6.07, 6.45) is 3.70. The number of hydrogen-bond donors (Lipinski definition) is 1. The molecule has 2 rings (SSSR count). The Morgan fingerprint density at radius 1 is 1.24 bits per heavy atom. The molecule has 4 nitrogen and oxygen atoms in total. The Labute approximate surface area is 101 Å². The molecule has 2 heterocycles. The summed E-state index contributed by atoms with van der Waals surface area (Å²) in [5.74, 6) is 1.24. The van der Waals surface area contributed by atoms with Crippen molar-refractivity contribution in [2.45, 2.75) is 32.7 Å². The lowest BCUT2D eigenvalue weighted by molar-refractivity contribution is 0.751. The van der Waals surface area contributed by atoms with Gasteiger partial charge in [0.2, 0.25) is 0 Å². The van der Waals surface area contributed by atoms with Crippen LogP contribution in [0.25, 0.3) is 5.82 Å². The molecule has 2 aromatic heterocycles. The summed E-state index contributed by atoms with van der Waals surface area (Å²) < 4.78 is 1.79. The van der Waals surface area contributed by atoms with Crippen LogP contribution in [0, 0.1) is 0 Å². The van der Waals surface area contributed by atoms with Crippen molar-refractivity contribution in [3.63, 3.8) is 0 Å². The fraction of sp³-hybridized carbons (Fsp3) is 0.385. The van der Waals surface area contributed by atoms with Crippen molar-refractivity contribution in [3.8, 4) is 5.82 Å². The van der Waals surface area contributed by atoms with E-state index in [0.29, 0.717) is 5.92 Å². The molecule has 0 radical (unpaired) electrons. The highest BCUT2D eigenvalue weighted by atomic mass is 15.3. The minimum Gasteiger partial charge on any atom is -0.324 e. The van der Waals surface area contributed by atoms with Gasteiger partial charge in [0.25, 0.3) is 0 Å². The zero-order chi connectivity index (χ0) is 12.4. The molecule has 0 saturated carbocycles. The quantitative estimate of drug-likeness (QED) is 0.881. The number of pyridine rings is 1. The molecule has 0 amide bonds. The van der Waals surface area contributed by atoms with Crippen molar-refractivity contribution in [1.29, 1.82) is 0 Å². The van der Waals surface area contributed by atoms with Crippen LogP contribution in [0.1, 0.15) is 44.0 Å². The molecule has 4 heteroatoms. The van der Waals surface area contributed by atoms with Crippen LogP contribution in [0.2, 0.25) is 0 Å². The van der Waals surface area contributed by atoms with Gasteiger partial charge in [-0.25, -0.2) is 9.67 Å². The summed E-state index contributed by atoms with van der Waals surface area (Å²) in [7, 11) is 0. The molecule has 0 aliphatic heterocycles. The second-order valence-corrected chi connectivity index (χ2v) is 4.58. The molecule has 1 atom stereocenters. The third-order valence-electron chi connectivity index (χ3n) is 2.73. The summed E-state index contributed by atoms with van der Waals surface area (Å²) in [5, 5.41) is 4.49. The van der Waals surface area contributed by atoms with Crippen LogP contribution in [0.3, 0.4) is 0 Å². The third-order valence-corrected chi connectivity index (χ3v) is 2.73. The SMILES string of the molecule is CC(C)c1ccn(-c2cc([C@H](C)N)ccn2)n1. The second-order valence-electron chi connectivity index (χ2n) is 4.58. The van der Waals surface area contributed by atoms with Gasteiger partial charge in [0.15, 0.2) is 5.82 Å². The number of hydrogen-bond acceptors (Lipinski definition) is 3. The van der Waals surface area contributed by atoms with Crippen LogP contribution in [0.15, 0.2) is 30.6 Å². The van der Waals surface area contributed by atoms with Crippen molar-refractivity contribution in [3.05, 3.63) is 41.9 Å². The first-order valence-corrected chi connectivity index (χ1v) is 5.85. The van der Waals surface area contributed by atoms with E-state index < -0.39 is 0 Å². The number of nitrogens with two attached hydrogens (primary N) is 1. The van der Waals surface area contributed by atoms with E-state index >= 15 is 0 Å². The largest absolute Gasteiger partial charge is 0.324 e. The molecule has 17 heavy (non-hydrogen) atoms. The number of nitrogens with zero attached hydrogens (tertiary/aromatic N) is 3. The van der Waals surface area contributed by atoms with Crippen molar-refractivity contribution in [2.75, 3.05) is 0 Å². The lowest BCUT2D eigenvalue weighted by Crippen LogP contribution is -2.07. The van der Waals surface area contributed by atoms with Crippen molar-refractivity contribution < 1.29 is 0 Å². The molecular formula is C13H18N4. The minimum absolute atomic E-state index is 0.0110. The Morgan fingerprint density at radius 3 is 2.59 bits per heavy atom. The zero-order valence-electron chi connectivity index (χ0n) is 10.5. The zero-order valence-corrected chi connectivity index (χ0v) is 10.5. The highest BCUT2D eigenvalue weighted by Gasteiger charge is 2.07. The van der Waals surface area contributed by atoms with Gasteiger partial charge in [0.1, 0.15) is 0 Å². The van der Waals surface area contributed by atoms with Crippen LogP contribution >= 0.6 is 0 Å². The van der Waals surface area contributed by atoms with Gasteiger partial charge in [0, 0.05) is 18.4 Å². The van der Waals surface area contributed by atoms with Gasteiger partial charge in [-0.15, -0.1) is 0 Å². The summed E-state index contributed by atoms with van der Waals surface area (Å²) in [5.41, 5.74) is 7.99. The Kier molecular flexibility index (Phi) is 3.24. The van der Waals surface area contributed by atoms with E-state index in [1.54, 1.807) is 10.9 Å². The van der Waals surface area contributed by atoms with Gasteiger partial charge in [-0.1, -0.05) is 13.8 Å². The third kappa shape index (κ3) is 2.53. The Hall–Kier alpha value is -1.68. The van der Waals surface area contributed by atoms with Gasteiger partial charge in [-0.05, 0) is 36.6 Å². The molecule has 0 fully saturated rings. The maximum Gasteiger partial charge on any atom is 0.153 e. The molecule has 0 bridgehead atoms. The van der Waals surface area contributed by atoms with Gasteiger partial charge in [0.05, 0.1) is 5.69 Å². The molecule has 2 N–H and O–H groups in total. The van der Waals surface area contributed by atoms with Crippen LogP contribution in [0.5, 0.6) is 0 Å². The smallest absolute Gasteiger partial charge is 0.153 e. The first-order chi connectivity index (χ1) is 8.08. The van der Waals surface area contributed by atoms with E-state index in [1.807, 2.05) is 31.3 Å². The predicted octanol–water partition coefficient (Wildman–Crippen LogP) is 2.41. The molecule has 90 valence electrons. The summed E-state index contributed by atoms with van der Waals surface area (Å²) >= 11 is 0. The molecule has 0 aliphatic carbocycles. The van der Waals surface area contributed by atoms with Crippen LogP contribution in [-0.4, -0.2) is 14.8 Å². The molecule has 0 aliphatic rings. The molecule has 0 spiro atoms. The standard InChI is InChI=1S/C13H18N4/c1-9(2)12-5-7-17(16-12)13-8-11(10(3)14)4-6-15-13/h4-10H,14H2,1-3H3/t10-/m0/s1. The lowest BCUT2D eigenvalue weighted by Gasteiger charge is -2.07. The minimum atomic E-state index is 0.0110. The average Bonchev–Trinajstić information content (AvgIpc) is 2.78. The maximum atomic E-state index is 5.86. The molecular weight excluding hydrogens is 212 g/mol. The lowest BCUT2D eigenvalue weighted by atomic mass is 10.1. The van der Waals surface area contributed by atoms with E-state index in [0.717, 1.165) is 17.1 Å². The Balaban J connectivity index is 2.35. The van der Waals surface area contributed by atoms with Gasteiger partial charge in [-0.3, -0.25) is 0 Å². The number of rotatable bonds is 3. The molecule has 0 aromatic carbocycles. The van der Waals surface area contributed by atoms with Crippen molar-refractivity contribution in [1.82, 2.24) is 14.8 Å². The maximum absolute atomic E-state index is 5.86. The number of aromatic nitrogens is 3. The summed E-state index contributed by atoms with van der Waals surface area (Å²) in [6.45, 7) is 6.21. The van der Waals surface area contributed by atoms with E-state index in [-0.39, 0.29) is 6.04 Å². The first kappa shape index (κ1) is 11.8. The summed E-state index contributed by atoms with van der Waals surface area (Å²) in [6, 6.07) is 5.94.